The summed E-state index contributed by atoms with van der Waals surface area (Å²) in [4.78, 5) is 3.05. The molecule has 2 rings (SSSR count). The van der Waals surface area contributed by atoms with Crippen LogP contribution in [0.3, 0.4) is 0 Å². The van der Waals surface area contributed by atoms with Gasteiger partial charge < -0.3 is 4.52 Å². The maximum atomic E-state index is 12.3. The van der Waals surface area contributed by atoms with E-state index in [-0.39, 0.29) is 10.8 Å². The quantitative estimate of drug-likeness (QED) is 0.858. The van der Waals surface area contributed by atoms with Crippen LogP contribution in [-0.4, -0.2) is 18.6 Å². The van der Waals surface area contributed by atoms with Gasteiger partial charge in [-0.2, -0.15) is 18.2 Å². The molecule has 0 saturated heterocycles. The fourth-order valence-corrected chi connectivity index (χ4v) is 2.92. The van der Waals surface area contributed by atoms with Crippen LogP contribution in [0.25, 0.3) is 0 Å². The Balaban J connectivity index is 2.22. The van der Waals surface area contributed by atoms with Gasteiger partial charge in [-0.3, -0.25) is 0 Å². The first-order valence-electron chi connectivity index (χ1n) is 6.32. The molecule has 22 heavy (non-hydrogen) atoms. The van der Waals surface area contributed by atoms with Crippen molar-refractivity contribution in [3.05, 3.63) is 41.5 Å². The van der Waals surface area contributed by atoms with E-state index in [1.807, 2.05) is 13.8 Å². The van der Waals surface area contributed by atoms with Gasteiger partial charge >= 0.3 is 12.1 Å². The molecule has 0 spiro atoms. The number of benzene rings is 1. The summed E-state index contributed by atoms with van der Waals surface area (Å²) >= 11 is 0. The van der Waals surface area contributed by atoms with E-state index < -0.39 is 33.5 Å². The molecule has 0 saturated carbocycles. The number of hydrogen-bond donors (Lipinski definition) is 0. The molecule has 2 aromatic rings. The smallest absolute Gasteiger partial charge is 0.329 e. The van der Waals surface area contributed by atoms with Crippen molar-refractivity contribution in [3.8, 4) is 0 Å². The number of alkyl halides is 3. The molecule has 120 valence electrons. The van der Waals surface area contributed by atoms with E-state index >= 15 is 0 Å². The maximum Gasteiger partial charge on any atom is 0.471 e. The fourth-order valence-electron chi connectivity index (χ4n) is 1.74. The molecule has 1 aromatic heterocycles. The average Bonchev–Trinajstić information content (AvgIpc) is 2.86. The summed E-state index contributed by atoms with van der Waals surface area (Å²) < 4.78 is 65.3. The van der Waals surface area contributed by atoms with Gasteiger partial charge in [0.25, 0.3) is 0 Å². The van der Waals surface area contributed by atoms with Gasteiger partial charge in [-0.15, -0.1) is 0 Å². The Bertz CT molecular complexity index is 750. The second kappa shape index (κ2) is 5.71. The Morgan fingerprint density at radius 3 is 2.23 bits per heavy atom. The van der Waals surface area contributed by atoms with Gasteiger partial charge in [-0.25, -0.2) is 8.42 Å². The minimum Gasteiger partial charge on any atom is -0.329 e. The predicted octanol–water partition coefficient (Wildman–Crippen LogP) is 3.19. The highest BCUT2D eigenvalue weighted by molar-refractivity contribution is 7.90. The topological polar surface area (TPSA) is 73.1 Å². The van der Waals surface area contributed by atoms with Crippen molar-refractivity contribution in [2.24, 2.45) is 0 Å². The first kappa shape index (κ1) is 16.5. The Hall–Kier alpha value is -1.90. The summed E-state index contributed by atoms with van der Waals surface area (Å²) in [6.45, 7) is 3.92. The van der Waals surface area contributed by atoms with Crippen LogP contribution in [0.1, 0.15) is 37.0 Å². The molecular weight excluding hydrogens is 321 g/mol. The summed E-state index contributed by atoms with van der Waals surface area (Å²) in [5, 5.41) is 3.05. The molecule has 1 heterocycles. The van der Waals surface area contributed by atoms with E-state index in [0.717, 1.165) is 5.56 Å². The fraction of sp³-hybridized carbons (Fsp3) is 0.385. The zero-order valence-electron chi connectivity index (χ0n) is 11.8. The lowest BCUT2D eigenvalue weighted by Gasteiger charge is -2.06. The van der Waals surface area contributed by atoms with E-state index in [1.165, 1.54) is 12.1 Å². The lowest BCUT2D eigenvalue weighted by Crippen LogP contribution is -2.08. The van der Waals surface area contributed by atoms with Crippen LogP contribution in [0.2, 0.25) is 0 Å². The van der Waals surface area contributed by atoms with Gasteiger partial charge in [0.2, 0.25) is 0 Å². The zero-order valence-corrected chi connectivity index (χ0v) is 12.6. The van der Waals surface area contributed by atoms with Crippen LogP contribution >= 0.6 is 0 Å². The Kier molecular flexibility index (Phi) is 4.28. The Morgan fingerprint density at radius 1 is 1.18 bits per heavy atom. The van der Waals surface area contributed by atoms with Gasteiger partial charge in [-0.1, -0.05) is 31.1 Å². The van der Waals surface area contributed by atoms with Crippen molar-refractivity contribution < 1.29 is 26.1 Å². The first-order valence-corrected chi connectivity index (χ1v) is 7.97. The summed E-state index contributed by atoms with van der Waals surface area (Å²) in [5.74, 6) is -2.61. The Labute approximate surface area is 125 Å². The van der Waals surface area contributed by atoms with E-state index in [2.05, 4.69) is 14.7 Å². The molecule has 0 aliphatic rings. The number of aromatic nitrogens is 2. The third-order valence-electron chi connectivity index (χ3n) is 2.94. The second-order valence-electron chi connectivity index (χ2n) is 5.00. The molecule has 0 amide bonds. The van der Waals surface area contributed by atoms with Crippen LogP contribution in [0.4, 0.5) is 13.2 Å². The monoisotopic (exact) mass is 334 g/mol. The largest absolute Gasteiger partial charge is 0.471 e. The molecule has 9 heteroatoms. The third kappa shape index (κ3) is 3.65. The lowest BCUT2D eigenvalue weighted by atomic mass is 10.0. The van der Waals surface area contributed by atoms with E-state index in [4.69, 9.17) is 0 Å². The highest BCUT2D eigenvalue weighted by atomic mass is 32.2. The summed E-state index contributed by atoms with van der Waals surface area (Å²) in [6, 6.07) is 6.15. The molecule has 0 aliphatic carbocycles. The summed E-state index contributed by atoms with van der Waals surface area (Å²) in [6.07, 6.45) is -4.80. The minimum atomic E-state index is -4.80. The van der Waals surface area contributed by atoms with Crippen LogP contribution in [-0.2, 0) is 21.8 Å². The number of sulfone groups is 1. The number of halogens is 3. The van der Waals surface area contributed by atoms with Crippen LogP contribution in [0.15, 0.2) is 33.7 Å². The third-order valence-corrected chi connectivity index (χ3v) is 4.56. The highest BCUT2D eigenvalue weighted by Gasteiger charge is 2.38. The highest BCUT2D eigenvalue weighted by Crippen LogP contribution is 2.28. The summed E-state index contributed by atoms with van der Waals surface area (Å²) in [7, 11) is -3.84. The number of rotatable bonds is 4. The molecule has 1 aromatic carbocycles. The van der Waals surface area contributed by atoms with Crippen molar-refractivity contribution in [3.63, 3.8) is 0 Å². The molecule has 0 unspecified atom stereocenters. The predicted molar refractivity (Wildman–Crippen MR) is 70.7 cm³/mol. The SMILES string of the molecule is CC(C)c1ccc(S(=O)(=O)Cc2noc(C(F)(F)F)n2)cc1. The number of nitrogens with zero attached hydrogens (tertiary/aromatic N) is 2. The van der Waals surface area contributed by atoms with Gasteiger partial charge in [0, 0.05) is 0 Å². The zero-order chi connectivity index (χ0) is 16.5. The molecule has 0 bridgehead atoms. The molecule has 0 fully saturated rings. The van der Waals surface area contributed by atoms with Crippen LogP contribution in [0.5, 0.6) is 0 Å². The van der Waals surface area contributed by atoms with Gasteiger partial charge in [0.05, 0.1) is 4.90 Å². The number of hydrogen-bond acceptors (Lipinski definition) is 5. The average molecular weight is 334 g/mol. The molecule has 5 nitrogen and oxygen atoms in total. The van der Waals surface area contributed by atoms with Crippen molar-refractivity contribution in [1.82, 2.24) is 10.1 Å². The van der Waals surface area contributed by atoms with Gasteiger partial charge in [0.1, 0.15) is 5.75 Å². The van der Waals surface area contributed by atoms with Gasteiger partial charge in [-0.05, 0) is 23.6 Å². The van der Waals surface area contributed by atoms with Crippen molar-refractivity contribution in [1.29, 1.82) is 0 Å². The molecule has 0 atom stereocenters. The van der Waals surface area contributed by atoms with E-state index in [0.29, 0.717) is 0 Å². The standard InChI is InChI=1S/C13H13F3N2O3S/c1-8(2)9-3-5-10(6-4-9)22(19,20)7-11-17-12(21-18-11)13(14,15)16/h3-6,8H,7H2,1-2H3. The van der Waals surface area contributed by atoms with E-state index in [9.17, 15) is 21.6 Å². The van der Waals surface area contributed by atoms with E-state index in [1.54, 1.807) is 12.1 Å². The first-order chi connectivity index (χ1) is 10.1. The molecular formula is C13H13F3N2O3S. The van der Waals surface area contributed by atoms with Crippen LogP contribution in [0, 0.1) is 0 Å². The molecule has 0 N–H and O–H groups in total. The van der Waals surface area contributed by atoms with Crippen molar-refractivity contribution >= 4 is 9.84 Å². The molecule has 0 aliphatic heterocycles. The molecule has 0 radical (unpaired) electrons. The minimum absolute atomic E-state index is 0.00439. The second-order valence-corrected chi connectivity index (χ2v) is 6.99. The Morgan fingerprint density at radius 2 is 1.77 bits per heavy atom. The van der Waals surface area contributed by atoms with Gasteiger partial charge in [0.15, 0.2) is 15.7 Å². The van der Waals surface area contributed by atoms with Crippen molar-refractivity contribution in [2.75, 3.05) is 0 Å². The maximum absolute atomic E-state index is 12.3. The normalized spacial score (nSPS) is 12.8. The lowest BCUT2D eigenvalue weighted by molar-refractivity contribution is -0.159. The van der Waals surface area contributed by atoms with Crippen LogP contribution < -0.4 is 0 Å². The summed E-state index contributed by atoms with van der Waals surface area (Å²) in [5.41, 5.74) is 0.956. The van der Waals surface area contributed by atoms with Crippen molar-refractivity contribution in [2.45, 2.75) is 36.6 Å².